The Morgan fingerprint density at radius 1 is 1.08 bits per heavy atom. The van der Waals surface area contributed by atoms with E-state index in [2.05, 4.69) is 20.3 Å². The number of benzene rings is 1. The number of hydrogen-bond acceptors (Lipinski definition) is 9. The van der Waals surface area contributed by atoms with Gasteiger partial charge in [-0.2, -0.15) is 15.0 Å². The minimum Gasteiger partial charge on any atom is -0.467 e. The first kappa shape index (κ1) is 16.2. The number of nitrogen functional groups attached to an aromatic ring is 1. The molecule has 9 heteroatoms. The number of ether oxygens (including phenoxy) is 1. The Labute approximate surface area is 140 Å². The zero-order chi connectivity index (χ0) is 17.1. The van der Waals surface area contributed by atoms with E-state index in [1.54, 1.807) is 12.1 Å². The van der Waals surface area contributed by atoms with Gasteiger partial charge in [0.2, 0.25) is 11.9 Å². The van der Waals surface area contributed by atoms with Gasteiger partial charge in [-0.25, -0.2) is 0 Å². The van der Waals surface area contributed by atoms with Crippen LogP contribution in [0.4, 0.5) is 23.3 Å². The predicted octanol–water partition coefficient (Wildman–Crippen LogP) is 0.0707. The first-order valence-corrected chi connectivity index (χ1v) is 7.72. The van der Waals surface area contributed by atoms with Crippen LogP contribution in [-0.2, 0) is 0 Å². The summed E-state index contributed by atoms with van der Waals surface area (Å²) in [6.07, 6.45) is 0.787. The highest BCUT2D eigenvalue weighted by Gasteiger charge is 2.25. The van der Waals surface area contributed by atoms with E-state index < -0.39 is 0 Å². The molecule has 2 heterocycles. The van der Waals surface area contributed by atoms with Crippen molar-refractivity contribution in [3.05, 3.63) is 24.3 Å². The van der Waals surface area contributed by atoms with Gasteiger partial charge < -0.3 is 32.2 Å². The molecule has 1 aromatic heterocycles. The first-order chi connectivity index (χ1) is 11.5. The Balaban J connectivity index is 1.86. The molecule has 0 radical (unpaired) electrons. The van der Waals surface area contributed by atoms with Gasteiger partial charge in [0.05, 0.1) is 7.11 Å². The topological polar surface area (TPSA) is 141 Å². The molecule has 1 saturated heterocycles. The van der Waals surface area contributed by atoms with Crippen molar-refractivity contribution in [2.45, 2.75) is 18.5 Å². The monoisotopic (exact) mass is 330 g/mol. The quantitative estimate of drug-likeness (QED) is 0.573. The molecule has 9 nitrogen and oxygen atoms in total. The molecule has 2 aromatic rings. The highest BCUT2D eigenvalue weighted by Crippen LogP contribution is 2.21. The lowest BCUT2D eigenvalue weighted by Crippen LogP contribution is -2.52. The number of nitrogens with zero attached hydrogens (tertiary/aromatic N) is 4. The van der Waals surface area contributed by atoms with Crippen molar-refractivity contribution in [3.63, 3.8) is 0 Å². The molecule has 0 bridgehead atoms. The number of piperidine rings is 1. The van der Waals surface area contributed by atoms with Crippen LogP contribution in [0.3, 0.4) is 0 Å². The summed E-state index contributed by atoms with van der Waals surface area (Å²) >= 11 is 0. The van der Waals surface area contributed by atoms with E-state index in [4.69, 9.17) is 21.9 Å². The predicted molar refractivity (Wildman–Crippen MR) is 93.3 cm³/mol. The molecular weight excluding hydrogens is 308 g/mol. The maximum Gasteiger partial charge on any atom is 0.322 e. The summed E-state index contributed by atoms with van der Waals surface area (Å²) in [5.41, 5.74) is 19.3. The fraction of sp³-hybridized carbons (Fsp3) is 0.400. The van der Waals surface area contributed by atoms with Gasteiger partial charge in [0.25, 0.3) is 0 Å². The van der Waals surface area contributed by atoms with Crippen molar-refractivity contribution in [1.29, 1.82) is 0 Å². The second-order valence-electron chi connectivity index (χ2n) is 5.85. The number of rotatable bonds is 4. The van der Waals surface area contributed by atoms with Crippen molar-refractivity contribution in [2.75, 3.05) is 36.1 Å². The maximum atomic E-state index is 6.05. The van der Waals surface area contributed by atoms with E-state index in [0.29, 0.717) is 30.7 Å². The number of methoxy groups -OCH3 is 1. The third kappa shape index (κ3) is 3.81. The Morgan fingerprint density at radius 2 is 1.75 bits per heavy atom. The van der Waals surface area contributed by atoms with Gasteiger partial charge in [0.1, 0.15) is 0 Å². The maximum absolute atomic E-state index is 6.05. The lowest BCUT2D eigenvalue weighted by molar-refractivity contribution is 0.376. The Hall–Kier alpha value is -2.65. The van der Waals surface area contributed by atoms with Crippen LogP contribution in [0.5, 0.6) is 6.01 Å². The van der Waals surface area contributed by atoms with Crippen LogP contribution in [0, 0.1) is 0 Å². The molecule has 7 N–H and O–H groups in total. The summed E-state index contributed by atoms with van der Waals surface area (Å²) in [6, 6.07) is 7.49. The average Bonchev–Trinajstić information content (AvgIpc) is 2.56. The molecule has 1 fully saturated rings. The van der Waals surface area contributed by atoms with Crippen LogP contribution in [-0.4, -0.2) is 47.2 Å². The normalized spacial score (nSPS) is 20.7. The highest BCUT2D eigenvalue weighted by atomic mass is 16.5. The Morgan fingerprint density at radius 3 is 2.38 bits per heavy atom. The highest BCUT2D eigenvalue weighted by molar-refractivity contribution is 5.58. The number of hydrogen-bond donors (Lipinski definition) is 4. The van der Waals surface area contributed by atoms with Crippen LogP contribution >= 0.6 is 0 Å². The SMILES string of the molecule is COc1nc(Nc2ccc(N)cc2)nc(N2C[C@H](N)C[C@H](N)C2)n1. The van der Waals surface area contributed by atoms with E-state index in [1.807, 2.05) is 17.0 Å². The van der Waals surface area contributed by atoms with E-state index in [1.165, 1.54) is 7.11 Å². The van der Waals surface area contributed by atoms with Crippen molar-refractivity contribution in [3.8, 4) is 6.01 Å². The molecule has 1 aromatic carbocycles. The van der Waals surface area contributed by atoms with Crippen LogP contribution < -0.4 is 32.2 Å². The van der Waals surface area contributed by atoms with Gasteiger partial charge >= 0.3 is 6.01 Å². The lowest BCUT2D eigenvalue weighted by atomic mass is 10.0. The molecule has 3 rings (SSSR count). The molecular formula is C15H22N8O. The Kier molecular flexibility index (Phi) is 4.63. The van der Waals surface area contributed by atoms with Gasteiger partial charge in [-0.15, -0.1) is 0 Å². The summed E-state index contributed by atoms with van der Waals surface area (Å²) in [4.78, 5) is 15.0. The number of nitrogens with one attached hydrogen (secondary N) is 1. The average molecular weight is 330 g/mol. The van der Waals surface area contributed by atoms with Crippen molar-refractivity contribution in [2.24, 2.45) is 11.5 Å². The second kappa shape index (κ2) is 6.85. The van der Waals surface area contributed by atoms with Gasteiger partial charge in [0, 0.05) is 36.5 Å². The third-order valence-corrected chi connectivity index (χ3v) is 3.75. The molecule has 2 atom stereocenters. The van der Waals surface area contributed by atoms with Gasteiger partial charge in [0.15, 0.2) is 0 Å². The number of nitrogens with two attached hydrogens (primary N) is 3. The molecule has 0 saturated carbocycles. The zero-order valence-electron chi connectivity index (χ0n) is 13.5. The Bertz CT molecular complexity index is 682. The minimum atomic E-state index is -0.00924. The van der Waals surface area contributed by atoms with Crippen LogP contribution in [0.25, 0.3) is 0 Å². The van der Waals surface area contributed by atoms with Crippen LogP contribution in [0.1, 0.15) is 6.42 Å². The standard InChI is InChI=1S/C15H22N8O/c1-24-15-21-13(19-12-4-2-9(16)3-5-12)20-14(22-15)23-7-10(17)6-11(18)8-23/h2-5,10-11H,6-8,16-18H2,1H3,(H,19,20,21,22)/t10-,11+. The largest absolute Gasteiger partial charge is 0.467 e. The van der Waals surface area contributed by atoms with E-state index in [-0.39, 0.29) is 18.1 Å². The van der Waals surface area contributed by atoms with Crippen molar-refractivity contribution in [1.82, 2.24) is 15.0 Å². The molecule has 0 unspecified atom stereocenters. The molecule has 0 spiro atoms. The van der Waals surface area contributed by atoms with E-state index in [0.717, 1.165) is 12.1 Å². The van der Waals surface area contributed by atoms with Gasteiger partial charge in [-0.3, -0.25) is 0 Å². The van der Waals surface area contributed by atoms with Crippen molar-refractivity contribution < 1.29 is 4.74 Å². The van der Waals surface area contributed by atoms with Gasteiger partial charge in [-0.1, -0.05) is 0 Å². The smallest absolute Gasteiger partial charge is 0.322 e. The molecule has 128 valence electrons. The minimum absolute atomic E-state index is 0.00924. The molecule has 1 aliphatic heterocycles. The summed E-state index contributed by atoms with van der Waals surface area (Å²) in [5, 5.41) is 3.12. The summed E-state index contributed by atoms with van der Waals surface area (Å²) in [6.45, 7) is 1.28. The van der Waals surface area contributed by atoms with Crippen molar-refractivity contribution >= 4 is 23.3 Å². The summed E-state index contributed by atoms with van der Waals surface area (Å²) in [5.74, 6) is 0.875. The first-order valence-electron chi connectivity index (χ1n) is 7.72. The molecule has 0 aliphatic carbocycles. The summed E-state index contributed by atoms with van der Waals surface area (Å²) < 4.78 is 5.19. The third-order valence-electron chi connectivity index (χ3n) is 3.75. The zero-order valence-corrected chi connectivity index (χ0v) is 13.5. The lowest BCUT2D eigenvalue weighted by Gasteiger charge is -2.34. The van der Waals surface area contributed by atoms with E-state index >= 15 is 0 Å². The summed E-state index contributed by atoms with van der Waals surface area (Å²) in [7, 11) is 1.51. The molecule has 0 amide bonds. The number of anilines is 4. The number of aromatic nitrogens is 3. The molecule has 24 heavy (non-hydrogen) atoms. The van der Waals surface area contributed by atoms with E-state index in [9.17, 15) is 0 Å². The second-order valence-corrected chi connectivity index (χ2v) is 5.85. The fourth-order valence-electron chi connectivity index (χ4n) is 2.67. The van der Waals surface area contributed by atoms with Gasteiger partial charge in [-0.05, 0) is 30.7 Å². The fourth-order valence-corrected chi connectivity index (χ4v) is 2.67. The molecule has 1 aliphatic rings. The van der Waals surface area contributed by atoms with Crippen LogP contribution in [0.15, 0.2) is 24.3 Å². The van der Waals surface area contributed by atoms with Crippen LogP contribution in [0.2, 0.25) is 0 Å².